The maximum atomic E-state index is 12.4. The number of aryl methyl sites for hydroxylation is 1. The average molecular weight is 2360 g/mol. The fourth-order valence-electron chi connectivity index (χ4n) is 7.44. The summed E-state index contributed by atoms with van der Waals surface area (Å²) < 4.78 is 150. The zero-order valence-electron chi connectivity index (χ0n) is 50.4. The van der Waals surface area contributed by atoms with Crippen molar-refractivity contribution in [2.24, 2.45) is 0 Å². The Labute approximate surface area is 681 Å². The molecular formula is C58H58Br14F3N3O14S5. The second-order valence-electron chi connectivity index (χ2n) is 19.8. The molecule has 0 radical (unpaired) electrons. The van der Waals surface area contributed by atoms with Crippen LogP contribution in [0.4, 0.5) is 13.2 Å². The van der Waals surface area contributed by atoms with Gasteiger partial charge in [0.25, 0.3) is 17.7 Å². The lowest BCUT2D eigenvalue weighted by Crippen LogP contribution is -2.34. The quantitative estimate of drug-likeness (QED) is 0.0637. The standard InChI is InChI=1S/C14H11Br3O2S.C13H16Br3NO4S.C13H16Br3NO3S.C10H7Br3F3NO3S.C8H8Br2O2S/c15-14(16,17)20(18,19)13-8-6-12(7-9-13)10-11-4-2-1-3-5-11;1-2-6-17(7-8-18)12(19)10-4-3-5-11(9-10)22(20,21)13(14,15)16;1-3-5-9(2)17-12(18)10-6-4-7-11(8-10)21(19,20)13(14,15)16;11-10(12,13)21(19,20)7-3-1-2-6(4-7)8(18)17-5-9(14,15)16;1-6-3-2-4-7(5-6)13(11,12)8(9)10/h1-9H,10H2;3-5,9,18H,2,6-8H2,1H3;4,6-9H,3,5H2,1-2H3,(H,17,18);1-4H,5H2,(H,17,18);2-5,8H,1H3. The van der Waals surface area contributed by atoms with Crippen molar-refractivity contribution in [1.29, 1.82) is 0 Å². The number of nitrogens with one attached hydrogen (secondary N) is 2. The number of amides is 3. The molecule has 0 bridgehead atoms. The van der Waals surface area contributed by atoms with Crippen LogP contribution in [-0.2, 0) is 55.6 Å². The molecule has 6 aromatic rings. The van der Waals surface area contributed by atoms with Crippen LogP contribution in [0.2, 0.25) is 0 Å². The lowest BCUT2D eigenvalue weighted by Gasteiger charge is -2.21. The van der Waals surface area contributed by atoms with Gasteiger partial charge in [0.2, 0.25) is 55.1 Å². The molecule has 1 unspecified atom stereocenters. The number of rotatable bonds is 19. The molecule has 0 saturated heterocycles. The van der Waals surface area contributed by atoms with Gasteiger partial charge in [-0.3, -0.25) is 14.4 Å². The number of hydrogen-bond donors (Lipinski definition) is 3. The highest BCUT2D eigenvalue weighted by molar-refractivity contribution is 9.43. The molecule has 3 amide bonds. The molecule has 6 rings (SSSR count). The van der Waals surface area contributed by atoms with E-state index in [1.165, 1.54) is 59.0 Å². The van der Waals surface area contributed by atoms with Crippen LogP contribution in [0.5, 0.6) is 0 Å². The normalized spacial score (nSPS) is 12.7. The molecule has 6 aromatic carbocycles. The van der Waals surface area contributed by atoms with E-state index in [-0.39, 0.29) is 61.7 Å². The third-order valence-electron chi connectivity index (χ3n) is 12.2. The van der Waals surface area contributed by atoms with E-state index in [0.29, 0.717) is 17.0 Å². The highest BCUT2D eigenvalue weighted by Crippen LogP contribution is 2.46. The van der Waals surface area contributed by atoms with E-state index in [1.807, 2.05) is 76.2 Å². The van der Waals surface area contributed by atoms with Crippen molar-refractivity contribution in [3.8, 4) is 0 Å². The van der Waals surface area contributed by atoms with Crippen molar-refractivity contribution in [3.63, 3.8) is 0 Å². The van der Waals surface area contributed by atoms with Gasteiger partial charge in [-0.15, -0.1) is 0 Å². The number of carbonyl (C=O) groups is 3. The van der Waals surface area contributed by atoms with Crippen LogP contribution in [0.15, 0.2) is 176 Å². The predicted octanol–water partition coefficient (Wildman–Crippen LogP) is 18.5. The summed E-state index contributed by atoms with van der Waals surface area (Å²) >= 11 is 41.7. The summed E-state index contributed by atoms with van der Waals surface area (Å²) in [5.74, 6) is -1.61. The van der Waals surface area contributed by atoms with Crippen LogP contribution >= 0.6 is 223 Å². The van der Waals surface area contributed by atoms with Gasteiger partial charge in [0, 0.05) is 35.8 Å². The number of nitrogens with zero attached hydrogens (tertiary/aromatic N) is 1. The van der Waals surface area contributed by atoms with Crippen LogP contribution < -0.4 is 10.6 Å². The van der Waals surface area contributed by atoms with E-state index in [2.05, 4.69) is 228 Å². The van der Waals surface area contributed by atoms with Crippen LogP contribution in [-0.4, -0.2) is 117 Å². The number of alkyl halides is 17. The third kappa shape index (κ3) is 29.7. The highest BCUT2D eigenvalue weighted by atomic mass is 80.0. The number of carbonyl (C=O) groups excluding carboxylic acids is 3. The molecule has 538 valence electrons. The largest absolute Gasteiger partial charge is 0.405 e. The molecule has 0 aromatic heterocycles. The lowest BCUT2D eigenvalue weighted by atomic mass is 10.1. The maximum Gasteiger partial charge on any atom is 0.405 e. The van der Waals surface area contributed by atoms with Gasteiger partial charge in [0.05, 0.1) is 31.1 Å². The Kier molecular flexibility index (Phi) is 38.9. The van der Waals surface area contributed by atoms with Crippen molar-refractivity contribution in [3.05, 3.63) is 185 Å². The maximum absolute atomic E-state index is 12.4. The van der Waals surface area contributed by atoms with Crippen molar-refractivity contribution in [2.75, 3.05) is 26.2 Å². The molecule has 0 spiro atoms. The number of aliphatic hydroxyl groups excluding tert-OH is 1. The number of aliphatic hydroxyl groups is 1. The van der Waals surface area contributed by atoms with Gasteiger partial charge in [-0.25, -0.2) is 42.1 Å². The van der Waals surface area contributed by atoms with Crippen LogP contribution in [0.3, 0.4) is 0 Å². The summed E-state index contributed by atoms with van der Waals surface area (Å²) in [7, 11) is -18.2. The molecule has 0 heterocycles. The average Bonchev–Trinajstić information content (AvgIpc) is 0.813. The van der Waals surface area contributed by atoms with Gasteiger partial charge in [-0.2, -0.15) is 13.2 Å². The number of benzene rings is 6. The Balaban J connectivity index is 0.000000416. The first-order chi connectivity index (χ1) is 44.3. The van der Waals surface area contributed by atoms with E-state index >= 15 is 0 Å². The molecular weight excluding hydrogens is 2300 g/mol. The van der Waals surface area contributed by atoms with E-state index in [4.69, 9.17) is 5.11 Å². The number of halogens is 17. The Morgan fingerprint density at radius 2 is 0.876 bits per heavy atom. The monoisotopic (exact) mass is 2340 g/mol. The summed E-state index contributed by atoms with van der Waals surface area (Å²) in [6.07, 6.45) is -1.18. The summed E-state index contributed by atoms with van der Waals surface area (Å²) in [4.78, 5) is 38.0. The van der Waals surface area contributed by atoms with Gasteiger partial charge >= 0.3 is 6.18 Å². The van der Waals surface area contributed by atoms with E-state index < -0.39 is 76.8 Å². The summed E-state index contributed by atoms with van der Waals surface area (Å²) in [5.41, 5.74) is 3.58. The molecule has 0 aliphatic rings. The topological polar surface area (TPSA) is 269 Å². The molecule has 1 atom stereocenters. The minimum atomic E-state index is -4.55. The summed E-state index contributed by atoms with van der Waals surface area (Å²) in [5, 5.41) is 13.5. The second kappa shape index (κ2) is 40.6. The Morgan fingerprint density at radius 1 is 0.485 bits per heavy atom. The molecule has 0 aliphatic carbocycles. The lowest BCUT2D eigenvalue weighted by molar-refractivity contribution is -0.123. The van der Waals surface area contributed by atoms with Gasteiger partial charge in [-0.05, 0) is 320 Å². The van der Waals surface area contributed by atoms with Crippen LogP contribution in [0.25, 0.3) is 0 Å². The molecule has 3 N–H and O–H groups in total. The summed E-state index contributed by atoms with van der Waals surface area (Å²) in [6, 6.07) is 40.2. The second-order valence-corrected chi connectivity index (χ2v) is 67.8. The van der Waals surface area contributed by atoms with Gasteiger partial charge in [-0.1, -0.05) is 125 Å². The molecule has 0 saturated carbocycles. The third-order valence-corrected chi connectivity index (χ3v) is 37.8. The molecule has 97 heavy (non-hydrogen) atoms. The van der Waals surface area contributed by atoms with Crippen LogP contribution in [0.1, 0.15) is 87.8 Å². The number of hydrogen-bond acceptors (Lipinski definition) is 14. The minimum absolute atomic E-state index is 0.00409. The van der Waals surface area contributed by atoms with Gasteiger partial charge < -0.3 is 20.6 Å². The first-order valence-corrected chi connectivity index (χ1v) is 46.0. The molecule has 39 heteroatoms. The zero-order valence-corrected chi connectivity index (χ0v) is 76.7. The van der Waals surface area contributed by atoms with Crippen LogP contribution in [0, 0.1) is 6.92 Å². The highest BCUT2D eigenvalue weighted by Gasteiger charge is 2.41. The van der Waals surface area contributed by atoms with Crippen molar-refractivity contribution >= 4 is 290 Å². The Hall–Kier alpha value is -0.0500. The molecule has 0 fully saturated rings. The molecule has 17 nitrogen and oxygen atoms in total. The smallest absolute Gasteiger partial charge is 0.395 e. The van der Waals surface area contributed by atoms with Crippen molar-refractivity contribution < 1.29 is 74.8 Å². The van der Waals surface area contributed by atoms with Gasteiger partial charge in [0.15, 0.2) is 3.07 Å². The zero-order chi connectivity index (χ0) is 74.6. The number of sulfone groups is 5. The summed E-state index contributed by atoms with van der Waals surface area (Å²) in [6.45, 7) is 6.81. The van der Waals surface area contributed by atoms with Crippen molar-refractivity contribution in [2.45, 2.75) is 99.0 Å². The predicted molar refractivity (Wildman–Crippen MR) is 425 cm³/mol. The minimum Gasteiger partial charge on any atom is -0.395 e. The van der Waals surface area contributed by atoms with E-state index in [9.17, 15) is 69.6 Å². The first kappa shape index (κ1) is 93.0. The van der Waals surface area contributed by atoms with Gasteiger partial charge in [0.1, 0.15) is 6.54 Å². The molecule has 0 aliphatic heterocycles. The SMILES string of the molecule is CCCC(C)NC(=O)c1cccc(S(=O)(=O)C(Br)(Br)Br)c1.CCCN(CCO)C(=O)c1cccc(S(=O)(=O)C(Br)(Br)Br)c1.Cc1cccc(S(=O)(=O)C(Br)Br)c1.O=C(NCC(F)(F)F)c1cccc(S(=O)(=O)C(Br)(Br)Br)c1.O=S(=O)(c1ccc(Cc2ccccc2)cc1)C(Br)(Br)Br. The fourth-order valence-corrected chi connectivity index (χ4v) is 19.5. The Bertz CT molecular complexity index is 4200. The first-order valence-electron chi connectivity index (χ1n) is 27.2. The van der Waals surface area contributed by atoms with E-state index in [0.717, 1.165) is 42.9 Å². The Morgan fingerprint density at radius 3 is 1.27 bits per heavy atom. The van der Waals surface area contributed by atoms with Crippen molar-refractivity contribution in [1.82, 2.24) is 15.5 Å². The fraction of sp³-hybridized carbons (Fsp3) is 0.328. The van der Waals surface area contributed by atoms with E-state index in [1.54, 1.807) is 53.8 Å².